The van der Waals surface area contributed by atoms with Gasteiger partial charge in [0.2, 0.25) is 11.6 Å². The Balaban J connectivity index is 3.04. The first-order valence-corrected chi connectivity index (χ1v) is 7.71. The number of hydrogen-bond donors (Lipinski definition) is 0. The van der Waals surface area contributed by atoms with Gasteiger partial charge in [0, 0.05) is 12.7 Å². The van der Waals surface area contributed by atoms with E-state index in [2.05, 4.69) is 0 Å². The molecule has 0 aliphatic heterocycles. The normalized spacial score (nSPS) is 13.2. The van der Waals surface area contributed by atoms with Gasteiger partial charge in [-0.3, -0.25) is 9.36 Å². The van der Waals surface area contributed by atoms with Gasteiger partial charge < -0.3 is 13.8 Å². The van der Waals surface area contributed by atoms with Gasteiger partial charge in [0.1, 0.15) is 0 Å². The molecule has 0 aliphatic carbocycles. The number of ether oxygens (including phenoxy) is 1. The van der Waals surface area contributed by atoms with Gasteiger partial charge in [-0.05, 0) is 13.8 Å². The van der Waals surface area contributed by atoms with Crippen molar-refractivity contribution in [1.82, 2.24) is 0 Å². The molecule has 0 amide bonds. The van der Waals surface area contributed by atoms with Crippen LogP contribution in [-0.2, 0) is 18.3 Å². The van der Waals surface area contributed by atoms with Gasteiger partial charge in [0.25, 0.3) is 0 Å². The van der Waals surface area contributed by atoms with Crippen LogP contribution in [-0.4, -0.2) is 32.0 Å². The number of ketones is 1. The van der Waals surface area contributed by atoms with Crippen molar-refractivity contribution in [3.8, 4) is 0 Å². The fourth-order valence-corrected chi connectivity index (χ4v) is 3.42. The summed E-state index contributed by atoms with van der Waals surface area (Å²) in [5.41, 5.74) is 0.411. The average molecular weight is 286 g/mol. The first-order valence-electron chi connectivity index (χ1n) is 6.09. The van der Waals surface area contributed by atoms with Gasteiger partial charge in [-0.15, -0.1) is 0 Å². The summed E-state index contributed by atoms with van der Waals surface area (Å²) in [6.07, 6.45) is 0. The lowest BCUT2D eigenvalue weighted by Crippen LogP contribution is -2.25. The minimum atomic E-state index is -3.62. The zero-order valence-electron chi connectivity index (χ0n) is 11.4. The van der Waals surface area contributed by atoms with Gasteiger partial charge in [-0.2, -0.15) is 0 Å². The molecule has 6 heteroatoms. The van der Waals surface area contributed by atoms with Crippen LogP contribution in [0.25, 0.3) is 0 Å². The van der Waals surface area contributed by atoms with Crippen molar-refractivity contribution in [3.05, 3.63) is 35.9 Å². The Morgan fingerprint density at radius 1 is 1.16 bits per heavy atom. The standard InChI is InChI=1S/C13H19O5P/c1-4-17-19(15,18-5-2)13(16-3)12(14)11-9-7-6-8-10-11/h6-10,13H,4-5H2,1-3H3. The highest BCUT2D eigenvalue weighted by Gasteiger charge is 2.41. The largest absolute Gasteiger partial charge is 0.367 e. The number of rotatable bonds is 8. The van der Waals surface area contributed by atoms with Crippen LogP contribution in [0.3, 0.4) is 0 Å². The van der Waals surface area contributed by atoms with E-state index < -0.39 is 19.2 Å². The van der Waals surface area contributed by atoms with Crippen molar-refractivity contribution in [1.29, 1.82) is 0 Å². The molecule has 19 heavy (non-hydrogen) atoms. The van der Waals surface area contributed by atoms with Crippen molar-refractivity contribution >= 4 is 13.4 Å². The van der Waals surface area contributed by atoms with Crippen molar-refractivity contribution in [2.75, 3.05) is 20.3 Å². The molecule has 0 aliphatic rings. The van der Waals surface area contributed by atoms with E-state index in [9.17, 15) is 9.36 Å². The van der Waals surface area contributed by atoms with Gasteiger partial charge in [0.15, 0.2) is 0 Å². The molecule has 0 spiro atoms. The predicted octanol–water partition coefficient (Wildman–Crippen LogP) is 3.11. The Bertz CT molecular complexity index is 436. The highest BCUT2D eigenvalue weighted by molar-refractivity contribution is 7.55. The monoisotopic (exact) mass is 286 g/mol. The maximum Gasteiger partial charge on any atom is 0.367 e. The van der Waals surface area contributed by atoms with Gasteiger partial charge >= 0.3 is 7.60 Å². The van der Waals surface area contributed by atoms with Crippen LogP contribution in [0.2, 0.25) is 0 Å². The number of carbonyl (C=O) groups excluding carboxylic acids is 1. The molecule has 1 unspecified atom stereocenters. The second-order valence-corrected chi connectivity index (χ2v) is 5.76. The molecule has 1 aromatic carbocycles. The van der Waals surface area contributed by atoms with E-state index >= 15 is 0 Å². The Hall–Kier alpha value is -1.00. The summed E-state index contributed by atoms with van der Waals surface area (Å²) in [6.45, 7) is 3.73. The summed E-state index contributed by atoms with van der Waals surface area (Å²) in [5.74, 6) is -1.65. The molecule has 1 aromatic rings. The zero-order valence-corrected chi connectivity index (χ0v) is 12.3. The maximum absolute atomic E-state index is 12.6. The second-order valence-electron chi connectivity index (χ2n) is 3.69. The average Bonchev–Trinajstić information content (AvgIpc) is 2.40. The number of hydrogen-bond acceptors (Lipinski definition) is 5. The summed E-state index contributed by atoms with van der Waals surface area (Å²) in [5, 5.41) is 0. The van der Waals surface area contributed by atoms with E-state index in [1.54, 1.807) is 44.2 Å². The molecule has 0 heterocycles. The third-order valence-corrected chi connectivity index (χ3v) is 4.67. The van der Waals surface area contributed by atoms with Crippen LogP contribution in [0.15, 0.2) is 30.3 Å². The Labute approximate surface area is 113 Å². The van der Waals surface area contributed by atoms with Crippen LogP contribution in [0.1, 0.15) is 24.2 Å². The smallest absolute Gasteiger partial charge is 0.361 e. The SMILES string of the molecule is CCOP(=O)(OCC)C(OC)C(=O)c1ccccc1. The van der Waals surface area contributed by atoms with E-state index in [1.807, 2.05) is 0 Å². The van der Waals surface area contributed by atoms with E-state index in [4.69, 9.17) is 13.8 Å². The quantitative estimate of drug-likeness (QED) is 0.543. The number of carbonyl (C=O) groups is 1. The molecule has 0 saturated carbocycles. The lowest BCUT2D eigenvalue weighted by Gasteiger charge is -2.24. The Morgan fingerprint density at radius 2 is 1.68 bits per heavy atom. The predicted molar refractivity (Wildman–Crippen MR) is 72.4 cm³/mol. The molecule has 0 radical (unpaired) electrons. The topological polar surface area (TPSA) is 61.8 Å². The van der Waals surface area contributed by atoms with Crippen molar-refractivity contribution in [2.45, 2.75) is 19.7 Å². The molecule has 1 atom stereocenters. The lowest BCUT2D eigenvalue weighted by molar-refractivity contribution is 0.0677. The molecular weight excluding hydrogens is 267 g/mol. The fraction of sp³-hybridized carbons (Fsp3) is 0.462. The highest BCUT2D eigenvalue weighted by atomic mass is 31.2. The third kappa shape index (κ3) is 3.98. The van der Waals surface area contributed by atoms with Crippen molar-refractivity contribution in [3.63, 3.8) is 0 Å². The third-order valence-electron chi connectivity index (χ3n) is 2.41. The summed E-state index contributed by atoms with van der Waals surface area (Å²) < 4.78 is 27.9. The number of methoxy groups -OCH3 is 1. The molecule has 0 N–H and O–H groups in total. The Kier molecular flexibility index (Phi) is 6.38. The summed E-state index contributed by atoms with van der Waals surface area (Å²) in [4.78, 5) is 12.3. The van der Waals surface area contributed by atoms with Crippen LogP contribution in [0, 0.1) is 0 Å². The van der Waals surface area contributed by atoms with E-state index in [-0.39, 0.29) is 13.2 Å². The molecule has 5 nitrogen and oxygen atoms in total. The highest BCUT2D eigenvalue weighted by Crippen LogP contribution is 2.54. The minimum absolute atomic E-state index is 0.180. The van der Waals surface area contributed by atoms with Gasteiger partial charge in [0.05, 0.1) is 13.2 Å². The summed E-state index contributed by atoms with van der Waals surface area (Å²) in [6, 6.07) is 8.52. The molecule has 0 saturated heterocycles. The molecule has 0 bridgehead atoms. The first-order chi connectivity index (χ1) is 9.09. The van der Waals surface area contributed by atoms with Crippen molar-refractivity contribution < 1.29 is 23.1 Å². The fourth-order valence-electron chi connectivity index (χ4n) is 1.66. The van der Waals surface area contributed by atoms with Crippen LogP contribution >= 0.6 is 7.60 Å². The molecule has 0 aromatic heterocycles. The van der Waals surface area contributed by atoms with E-state index in [1.165, 1.54) is 7.11 Å². The van der Waals surface area contributed by atoms with Crippen LogP contribution < -0.4 is 0 Å². The van der Waals surface area contributed by atoms with Gasteiger partial charge in [-0.25, -0.2) is 0 Å². The molecule has 106 valence electrons. The minimum Gasteiger partial charge on any atom is -0.361 e. The van der Waals surface area contributed by atoms with Crippen LogP contribution in [0.5, 0.6) is 0 Å². The van der Waals surface area contributed by atoms with Gasteiger partial charge in [-0.1, -0.05) is 30.3 Å². The maximum atomic E-state index is 12.6. The molecular formula is C13H19O5P. The number of benzene rings is 1. The van der Waals surface area contributed by atoms with Crippen molar-refractivity contribution in [2.24, 2.45) is 0 Å². The lowest BCUT2D eigenvalue weighted by atomic mass is 10.1. The first kappa shape index (κ1) is 16.1. The second kappa shape index (κ2) is 7.56. The van der Waals surface area contributed by atoms with Crippen LogP contribution in [0.4, 0.5) is 0 Å². The summed E-state index contributed by atoms with van der Waals surface area (Å²) in [7, 11) is -2.31. The summed E-state index contributed by atoms with van der Waals surface area (Å²) >= 11 is 0. The van der Waals surface area contributed by atoms with E-state index in [0.717, 1.165) is 0 Å². The number of Topliss-reactive ketones (excluding diaryl/α,β-unsaturated/α-hetero) is 1. The zero-order chi connectivity index (χ0) is 14.3. The molecule has 0 fully saturated rings. The van der Waals surface area contributed by atoms with E-state index in [0.29, 0.717) is 5.56 Å². The molecule has 1 rings (SSSR count). The Morgan fingerprint density at radius 3 is 2.11 bits per heavy atom.